The number of nitriles is 1. The van der Waals surface area contributed by atoms with Crippen molar-refractivity contribution < 1.29 is 0 Å². The van der Waals surface area contributed by atoms with Gasteiger partial charge in [0.15, 0.2) is 0 Å². The predicted molar refractivity (Wildman–Crippen MR) is 56.5 cm³/mol. The minimum absolute atomic E-state index is 0.745. The lowest BCUT2D eigenvalue weighted by Gasteiger charge is -2.00. The third-order valence-electron chi connectivity index (χ3n) is 1.37. The molecule has 0 amide bonds. The van der Waals surface area contributed by atoms with Crippen molar-refractivity contribution in [3.05, 3.63) is 32.9 Å². The van der Waals surface area contributed by atoms with Gasteiger partial charge in [-0.15, -0.1) is 0 Å². The standard InChI is InChI=1S/C8H5BrIN/c9-4-7-6(5-11)2-1-3-8(7)10/h1-3H,4H2. The van der Waals surface area contributed by atoms with Crippen molar-refractivity contribution in [2.24, 2.45) is 0 Å². The van der Waals surface area contributed by atoms with Crippen molar-refractivity contribution in [3.63, 3.8) is 0 Å². The van der Waals surface area contributed by atoms with E-state index in [0.717, 1.165) is 20.0 Å². The highest BCUT2D eigenvalue weighted by Crippen LogP contribution is 2.18. The van der Waals surface area contributed by atoms with Gasteiger partial charge < -0.3 is 0 Å². The second-order valence-electron chi connectivity index (χ2n) is 2.01. The van der Waals surface area contributed by atoms with Crippen LogP contribution in [0.5, 0.6) is 0 Å². The van der Waals surface area contributed by atoms with Crippen LogP contribution in [0.2, 0.25) is 0 Å². The molecule has 0 atom stereocenters. The van der Waals surface area contributed by atoms with Crippen LogP contribution in [0.25, 0.3) is 0 Å². The Balaban J connectivity index is 3.27. The van der Waals surface area contributed by atoms with Gasteiger partial charge in [0.2, 0.25) is 0 Å². The van der Waals surface area contributed by atoms with Crippen molar-refractivity contribution in [2.75, 3.05) is 0 Å². The molecule has 0 aliphatic heterocycles. The molecular weight excluding hydrogens is 317 g/mol. The summed E-state index contributed by atoms with van der Waals surface area (Å²) in [6.45, 7) is 0. The Hall–Kier alpha value is -0.0800. The van der Waals surface area contributed by atoms with E-state index in [9.17, 15) is 0 Å². The van der Waals surface area contributed by atoms with Gasteiger partial charge >= 0.3 is 0 Å². The first-order chi connectivity index (χ1) is 5.29. The quantitative estimate of drug-likeness (QED) is 0.576. The third-order valence-corrected chi connectivity index (χ3v) is 2.94. The fraction of sp³-hybridized carbons (Fsp3) is 0.125. The number of hydrogen-bond donors (Lipinski definition) is 0. The number of halogens is 2. The predicted octanol–water partition coefficient (Wildman–Crippen LogP) is 3.06. The maximum atomic E-state index is 8.70. The number of benzene rings is 1. The molecule has 0 saturated carbocycles. The SMILES string of the molecule is N#Cc1cccc(I)c1CBr. The molecule has 1 nitrogen and oxygen atoms in total. The fourth-order valence-electron chi connectivity index (χ4n) is 0.799. The summed E-state index contributed by atoms with van der Waals surface area (Å²) in [4.78, 5) is 0. The van der Waals surface area contributed by atoms with Gasteiger partial charge in [0, 0.05) is 8.90 Å². The first kappa shape index (κ1) is 9.01. The molecule has 0 aliphatic rings. The van der Waals surface area contributed by atoms with Crippen LogP contribution in [-0.4, -0.2) is 0 Å². The van der Waals surface area contributed by atoms with Crippen LogP contribution in [0.1, 0.15) is 11.1 Å². The van der Waals surface area contributed by atoms with Gasteiger partial charge in [0.25, 0.3) is 0 Å². The molecule has 0 heterocycles. The molecule has 1 aromatic carbocycles. The van der Waals surface area contributed by atoms with Gasteiger partial charge in [-0.2, -0.15) is 5.26 Å². The van der Waals surface area contributed by atoms with Gasteiger partial charge in [-0.25, -0.2) is 0 Å². The zero-order valence-electron chi connectivity index (χ0n) is 5.64. The third kappa shape index (κ3) is 1.94. The minimum Gasteiger partial charge on any atom is -0.192 e. The molecule has 3 heteroatoms. The first-order valence-corrected chi connectivity index (χ1v) is 5.23. The van der Waals surface area contributed by atoms with E-state index in [-0.39, 0.29) is 0 Å². The van der Waals surface area contributed by atoms with E-state index in [2.05, 4.69) is 44.6 Å². The van der Waals surface area contributed by atoms with E-state index in [0.29, 0.717) is 0 Å². The zero-order valence-corrected chi connectivity index (χ0v) is 9.39. The van der Waals surface area contributed by atoms with E-state index in [1.807, 2.05) is 18.2 Å². The van der Waals surface area contributed by atoms with Crippen LogP contribution < -0.4 is 0 Å². The van der Waals surface area contributed by atoms with Crippen molar-refractivity contribution in [3.8, 4) is 6.07 Å². The maximum absolute atomic E-state index is 8.70. The van der Waals surface area contributed by atoms with E-state index >= 15 is 0 Å². The summed E-state index contributed by atoms with van der Waals surface area (Å²) in [6.07, 6.45) is 0. The molecule has 11 heavy (non-hydrogen) atoms. The molecule has 0 radical (unpaired) electrons. The van der Waals surface area contributed by atoms with Crippen molar-refractivity contribution in [1.82, 2.24) is 0 Å². The van der Waals surface area contributed by atoms with E-state index in [4.69, 9.17) is 5.26 Å². The van der Waals surface area contributed by atoms with Gasteiger partial charge in [-0.3, -0.25) is 0 Å². The molecule has 0 bridgehead atoms. The number of hydrogen-bond acceptors (Lipinski definition) is 1. The molecule has 0 unspecified atom stereocenters. The van der Waals surface area contributed by atoms with Crippen molar-refractivity contribution in [2.45, 2.75) is 5.33 Å². The van der Waals surface area contributed by atoms with Crippen molar-refractivity contribution in [1.29, 1.82) is 5.26 Å². The highest BCUT2D eigenvalue weighted by Gasteiger charge is 2.02. The summed E-state index contributed by atoms with van der Waals surface area (Å²) >= 11 is 5.57. The van der Waals surface area contributed by atoms with Crippen LogP contribution in [-0.2, 0) is 5.33 Å². The van der Waals surface area contributed by atoms with Crippen LogP contribution in [0.4, 0.5) is 0 Å². The van der Waals surface area contributed by atoms with Crippen LogP contribution in [0, 0.1) is 14.9 Å². The summed E-state index contributed by atoms with van der Waals surface area (Å²) in [6, 6.07) is 7.88. The zero-order chi connectivity index (χ0) is 8.27. The Morgan fingerprint density at radius 3 is 2.73 bits per heavy atom. The Bertz CT molecular complexity index is 303. The molecule has 0 fully saturated rings. The average Bonchev–Trinajstić information content (AvgIpc) is 2.04. The van der Waals surface area contributed by atoms with Crippen LogP contribution in [0.15, 0.2) is 18.2 Å². The largest absolute Gasteiger partial charge is 0.192 e. The molecule has 0 N–H and O–H groups in total. The van der Waals surface area contributed by atoms with Gasteiger partial charge in [-0.05, 0) is 40.3 Å². The molecule has 0 aliphatic carbocycles. The second-order valence-corrected chi connectivity index (χ2v) is 3.73. The Kier molecular flexibility index (Phi) is 3.34. The monoisotopic (exact) mass is 321 g/mol. The van der Waals surface area contributed by atoms with E-state index in [1.165, 1.54) is 0 Å². The van der Waals surface area contributed by atoms with E-state index < -0.39 is 0 Å². The molecular formula is C8H5BrIN. The summed E-state index contributed by atoms with van der Waals surface area (Å²) in [5, 5.41) is 9.44. The summed E-state index contributed by atoms with van der Waals surface area (Å²) in [5.41, 5.74) is 1.84. The topological polar surface area (TPSA) is 23.8 Å². The van der Waals surface area contributed by atoms with E-state index in [1.54, 1.807) is 0 Å². The van der Waals surface area contributed by atoms with Crippen LogP contribution in [0.3, 0.4) is 0 Å². The van der Waals surface area contributed by atoms with Gasteiger partial charge in [0.05, 0.1) is 11.6 Å². The lowest BCUT2D eigenvalue weighted by Crippen LogP contribution is -1.88. The van der Waals surface area contributed by atoms with Gasteiger partial charge in [0.1, 0.15) is 0 Å². The molecule has 56 valence electrons. The molecule has 0 aromatic heterocycles. The number of alkyl halides is 1. The molecule has 1 rings (SSSR count). The lowest BCUT2D eigenvalue weighted by atomic mass is 10.1. The molecule has 1 aromatic rings. The molecule has 0 spiro atoms. The second kappa shape index (κ2) is 4.07. The maximum Gasteiger partial charge on any atom is 0.0995 e. The fourth-order valence-corrected chi connectivity index (χ4v) is 2.62. The first-order valence-electron chi connectivity index (χ1n) is 3.03. The minimum atomic E-state index is 0.745. The van der Waals surface area contributed by atoms with Crippen LogP contribution >= 0.6 is 38.5 Å². The lowest BCUT2D eigenvalue weighted by molar-refractivity contribution is 1.34. The number of nitrogens with zero attached hydrogens (tertiary/aromatic N) is 1. The Morgan fingerprint density at radius 2 is 2.27 bits per heavy atom. The molecule has 0 saturated heterocycles. The smallest absolute Gasteiger partial charge is 0.0995 e. The highest BCUT2D eigenvalue weighted by molar-refractivity contribution is 14.1. The highest BCUT2D eigenvalue weighted by atomic mass is 127. The summed E-state index contributed by atoms with van der Waals surface area (Å²) < 4.78 is 1.14. The summed E-state index contributed by atoms with van der Waals surface area (Å²) in [7, 11) is 0. The Morgan fingerprint density at radius 1 is 1.55 bits per heavy atom. The van der Waals surface area contributed by atoms with Crippen molar-refractivity contribution >= 4 is 38.5 Å². The Labute approximate surface area is 87.7 Å². The summed E-state index contributed by atoms with van der Waals surface area (Å²) in [5.74, 6) is 0. The normalized spacial score (nSPS) is 9.18. The number of rotatable bonds is 1. The average molecular weight is 322 g/mol. The van der Waals surface area contributed by atoms with Gasteiger partial charge in [-0.1, -0.05) is 22.0 Å².